The molecule has 0 rings (SSSR count). The molecule has 0 radical (unpaired) electrons. The molecule has 0 saturated heterocycles. The average Bonchev–Trinajstić information content (AvgIpc) is 3.22. The van der Waals surface area contributed by atoms with Gasteiger partial charge in [-0.1, -0.05) is 182 Å². The Hall–Kier alpha value is -3.67. The van der Waals surface area contributed by atoms with Gasteiger partial charge in [0.25, 0.3) is 0 Å². The largest absolute Gasteiger partial charge is 0.462 e. The Kier molecular flexibility index (Phi) is 43.1. The predicted molar refractivity (Wildman–Crippen MR) is 247 cm³/mol. The van der Waals surface area contributed by atoms with Gasteiger partial charge in [0.1, 0.15) is 13.2 Å². The van der Waals surface area contributed by atoms with E-state index >= 15 is 0 Å². The quantitative estimate of drug-likeness (QED) is 0.0266. The summed E-state index contributed by atoms with van der Waals surface area (Å²) < 4.78 is 16.6. The Balaban J connectivity index is 4.52. The number of hydrogen-bond donors (Lipinski definition) is 0. The SMILES string of the molecule is CC/C=C\C/C=C\C/C=C\C/C=C\C/C=C\CCCC(=O)OCC(COC(=O)CCCCCCCCCCCC)OC(=O)CCCCC/C=C\C/C=C\C/C=C\CC. The predicted octanol–water partition coefficient (Wildman–Crippen LogP) is 15.0. The van der Waals surface area contributed by atoms with E-state index < -0.39 is 6.10 Å². The number of rotatable bonds is 40. The van der Waals surface area contributed by atoms with Gasteiger partial charge in [-0.2, -0.15) is 0 Å². The molecule has 0 amide bonds. The maximum Gasteiger partial charge on any atom is 0.306 e. The molecule has 0 bridgehead atoms. The lowest BCUT2D eigenvalue weighted by atomic mass is 10.1. The minimum atomic E-state index is -0.812. The molecule has 0 aliphatic heterocycles. The first-order chi connectivity index (χ1) is 28.5. The van der Waals surface area contributed by atoms with Crippen LogP contribution in [0.15, 0.2) is 97.2 Å². The molecule has 1 unspecified atom stereocenters. The summed E-state index contributed by atoms with van der Waals surface area (Å²) in [6.07, 6.45) is 59.7. The van der Waals surface area contributed by atoms with Gasteiger partial charge in [0.15, 0.2) is 6.10 Å². The highest BCUT2D eigenvalue weighted by Crippen LogP contribution is 2.13. The van der Waals surface area contributed by atoms with E-state index in [9.17, 15) is 14.4 Å². The molecule has 58 heavy (non-hydrogen) atoms. The van der Waals surface area contributed by atoms with E-state index in [4.69, 9.17) is 14.2 Å². The van der Waals surface area contributed by atoms with Crippen molar-refractivity contribution in [3.05, 3.63) is 97.2 Å². The highest BCUT2D eigenvalue weighted by molar-refractivity contribution is 5.71. The first-order valence-electron chi connectivity index (χ1n) is 23.2. The summed E-state index contributed by atoms with van der Waals surface area (Å²) in [5, 5.41) is 0. The second kappa shape index (κ2) is 46.0. The van der Waals surface area contributed by atoms with Gasteiger partial charge in [0.05, 0.1) is 0 Å². The van der Waals surface area contributed by atoms with Gasteiger partial charge in [0, 0.05) is 19.3 Å². The highest BCUT2D eigenvalue weighted by Gasteiger charge is 2.19. The molecule has 6 nitrogen and oxygen atoms in total. The van der Waals surface area contributed by atoms with Crippen molar-refractivity contribution < 1.29 is 28.6 Å². The zero-order valence-corrected chi connectivity index (χ0v) is 37.3. The van der Waals surface area contributed by atoms with Crippen molar-refractivity contribution in [1.29, 1.82) is 0 Å². The summed E-state index contributed by atoms with van der Waals surface area (Å²) in [7, 11) is 0. The summed E-state index contributed by atoms with van der Waals surface area (Å²) in [5.74, 6) is -1.01. The third-order valence-corrected chi connectivity index (χ3v) is 9.33. The fraction of sp³-hybridized carbons (Fsp3) is 0.635. The van der Waals surface area contributed by atoms with Crippen molar-refractivity contribution in [1.82, 2.24) is 0 Å². The van der Waals surface area contributed by atoms with Crippen LogP contribution in [0.5, 0.6) is 0 Å². The minimum absolute atomic E-state index is 0.107. The summed E-state index contributed by atoms with van der Waals surface area (Å²) in [6.45, 7) is 6.29. The van der Waals surface area contributed by atoms with Crippen LogP contribution in [0.4, 0.5) is 0 Å². The second-order valence-corrected chi connectivity index (χ2v) is 14.9. The monoisotopic (exact) mass is 805 g/mol. The number of esters is 3. The van der Waals surface area contributed by atoms with E-state index in [-0.39, 0.29) is 44.0 Å². The van der Waals surface area contributed by atoms with Crippen LogP contribution in [0.25, 0.3) is 0 Å². The van der Waals surface area contributed by atoms with Crippen LogP contribution in [-0.2, 0) is 28.6 Å². The summed E-state index contributed by atoms with van der Waals surface area (Å²) in [5.41, 5.74) is 0. The minimum Gasteiger partial charge on any atom is -0.462 e. The fourth-order valence-electron chi connectivity index (χ4n) is 5.90. The van der Waals surface area contributed by atoms with Crippen molar-refractivity contribution >= 4 is 17.9 Å². The van der Waals surface area contributed by atoms with Crippen LogP contribution in [0, 0.1) is 0 Å². The Morgan fingerprint density at radius 1 is 0.362 bits per heavy atom. The first-order valence-corrected chi connectivity index (χ1v) is 23.2. The van der Waals surface area contributed by atoms with Gasteiger partial charge in [-0.25, -0.2) is 0 Å². The first kappa shape index (κ1) is 54.3. The molecule has 0 aromatic carbocycles. The van der Waals surface area contributed by atoms with Crippen LogP contribution in [0.1, 0.15) is 194 Å². The van der Waals surface area contributed by atoms with Gasteiger partial charge < -0.3 is 14.2 Å². The van der Waals surface area contributed by atoms with Crippen molar-refractivity contribution in [3.8, 4) is 0 Å². The van der Waals surface area contributed by atoms with Crippen molar-refractivity contribution in [2.75, 3.05) is 13.2 Å². The third-order valence-electron chi connectivity index (χ3n) is 9.33. The number of unbranched alkanes of at least 4 members (excludes halogenated alkanes) is 13. The molecule has 0 N–H and O–H groups in total. The number of carbonyl (C=O) groups excluding carboxylic acids is 3. The molecule has 0 aromatic rings. The van der Waals surface area contributed by atoms with Gasteiger partial charge in [-0.15, -0.1) is 0 Å². The van der Waals surface area contributed by atoms with Gasteiger partial charge in [0.2, 0.25) is 0 Å². The molecule has 0 aliphatic rings. The molecule has 0 aromatic heterocycles. The Labute approximate surface area is 356 Å². The molecular weight excluding hydrogens is 721 g/mol. The normalized spacial score (nSPS) is 12.9. The molecule has 0 saturated carbocycles. The zero-order valence-electron chi connectivity index (χ0n) is 37.3. The van der Waals surface area contributed by atoms with Crippen LogP contribution in [0.2, 0.25) is 0 Å². The van der Waals surface area contributed by atoms with E-state index in [1.54, 1.807) is 0 Å². The topological polar surface area (TPSA) is 78.9 Å². The number of carbonyl (C=O) groups is 3. The average molecular weight is 805 g/mol. The van der Waals surface area contributed by atoms with Crippen LogP contribution < -0.4 is 0 Å². The van der Waals surface area contributed by atoms with E-state index in [2.05, 4.69) is 118 Å². The van der Waals surface area contributed by atoms with Crippen LogP contribution in [0.3, 0.4) is 0 Å². The summed E-state index contributed by atoms with van der Waals surface area (Å²) in [4.78, 5) is 37.7. The smallest absolute Gasteiger partial charge is 0.306 e. The second-order valence-electron chi connectivity index (χ2n) is 14.9. The molecule has 1 atom stereocenters. The van der Waals surface area contributed by atoms with Gasteiger partial charge in [-0.3, -0.25) is 14.4 Å². The van der Waals surface area contributed by atoms with Gasteiger partial charge >= 0.3 is 17.9 Å². The number of hydrogen-bond acceptors (Lipinski definition) is 6. The Morgan fingerprint density at radius 2 is 0.690 bits per heavy atom. The maximum absolute atomic E-state index is 12.7. The molecule has 6 heteroatoms. The molecular formula is C52H84O6. The zero-order chi connectivity index (χ0) is 42.3. The molecule has 0 fully saturated rings. The van der Waals surface area contributed by atoms with Crippen LogP contribution >= 0.6 is 0 Å². The van der Waals surface area contributed by atoms with E-state index in [0.29, 0.717) is 12.8 Å². The summed E-state index contributed by atoms with van der Waals surface area (Å²) in [6, 6.07) is 0. The molecule has 0 aliphatic carbocycles. The van der Waals surface area contributed by atoms with Crippen LogP contribution in [-0.4, -0.2) is 37.2 Å². The molecule has 0 spiro atoms. The maximum atomic E-state index is 12.7. The highest BCUT2D eigenvalue weighted by atomic mass is 16.6. The third kappa shape index (κ3) is 43.5. The Bertz CT molecular complexity index is 1200. The van der Waals surface area contributed by atoms with Gasteiger partial charge in [-0.05, 0) is 89.9 Å². The molecule has 328 valence electrons. The number of allylic oxidation sites excluding steroid dienone is 16. The van der Waals surface area contributed by atoms with E-state index in [1.807, 2.05) is 0 Å². The fourth-order valence-corrected chi connectivity index (χ4v) is 5.90. The van der Waals surface area contributed by atoms with Crippen molar-refractivity contribution in [3.63, 3.8) is 0 Å². The van der Waals surface area contributed by atoms with Crippen molar-refractivity contribution in [2.24, 2.45) is 0 Å². The lowest BCUT2D eigenvalue weighted by Crippen LogP contribution is -2.30. The Morgan fingerprint density at radius 3 is 1.12 bits per heavy atom. The van der Waals surface area contributed by atoms with E-state index in [1.165, 1.54) is 44.9 Å². The molecule has 0 heterocycles. The lowest BCUT2D eigenvalue weighted by molar-refractivity contribution is -0.167. The number of ether oxygens (including phenoxy) is 3. The van der Waals surface area contributed by atoms with E-state index in [0.717, 1.165) is 103 Å². The van der Waals surface area contributed by atoms with Crippen molar-refractivity contribution in [2.45, 2.75) is 200 Å². The summed E-state index contributed by atoms with van der Waals surface area (Å²) >= 11 is 0. The standard InChI is InChI=1S/C52H84O6/c1-4-7-10-13-16-19-22-24-25-26-27-29-30-33-36-39-42-45-51(54)57-48-49(47-56-50(53)44-41-38-35-32-21-18-15-12-9-6-3)58-52(55)46-43-40-37-34-31-28-23-20-17-14-11-8-5-2/h7-8,10-11,16-17,19-20,24-25,27-29,31,33,36,49H,4-6,9,12-15,18,21-23,26,30,32,34-35,37-48H2,1-3H3/b10-7-,11-8-,19-16-,20-17-,25-24-,29-27-,31-28-,36-33-. The lowest BCUT2D eigenvalue weighted by Gasteiger charge is -2.18.